The van der Waals surface area contributed by atoms with Gasteiger partial charge in [-0.1, -0.05) is 25.1 Å². The topological polar surface area (TPSA) is 84.3 Å². The molecule has 0 saturated carbocycles. The minimum Gasteiger partial charge on any atom is -0.387 e. The zero-order valence-corrected chi connectivity index (χ0v) is 13.3. The van der Waals surface area contributed by atoms with Crippen LogP contribution in [-0.2, 0) is 6.42 Å². The van der Waals surface area contributed by atoms with E-state index in [0.29, 0.717) is 5.69 Å². The standard InChI is InChI=1S/C17H19N3O3/c1-4-12-7-5-6-11(2)16(12)19-17(21)14-10-13(20(22)23)8-9-15(14)18-3/h5-10,18H,4H2,1-3H3,(H,19,21). The zero-order valence-electron chi connectivity index (χ0n) is 13.3. The molecule has 0 bridgehead atoms. The molecule has 0 spiro atoms. The van der Waals surface area contributed by atoms with E-state index in [2.05, 4.69) is 10.6 Å². The summed E-state index contributed by atoms with van der Waals surface area (Å²) in [6.45, 7) is 3.93. The number of nitrogens with zero attached hydrogens (tertiary/aromatic N) is 1. The molecule has 0 aliphatic rings. The van der Waals surface area contributed by atoms with Crippen LogP contribution in [0.25, 0.3) is 0 Å². The number of aryl methyl sites for hydroxylation is 2. The van der Waals surface area contributed by atoms with Crippen molar-refractivity contribution in [3.8, 4) is 0 Å². The maximum Gasteiger partial charge on any atom is 0.270 e. The Labute approximate surface area is 134 Å². The summed E-state index contributed by atoms with van der Waals surface area (Å²) in [5.74, 6) is -0.373. The predicted molar refractivity (Wildman–Crippen MR) is 91.2 cm³/mol. The number of non-ortho nitro benzene ring substituents is 1. The number of nitro groups is 1. The molecule has 2 aromatic carbocycles. The SMILES string of the molecule is CCc1cccc(C)c1NC(=O)c1cc([N+](=O)[O-])ccc1NC. The first-order valence-corrected chi connectivity index (χ1v) is 7.34. The minimum absolute atomic E-state index is 0.116. The molecular formula is C17H19N3O3. The monoisotopic (exact) mass is 313 g/mol. The Morgan fingerprint density at radius 1 is 1.26 bits per heavy atom. The number of para-hydroxylation sites is 1. The van der Waals surface area contributed by atoms with E-state index in [9.17, 15) is 14.9 Å². The highest BCUT2D eigenvalue weighted by atomic mass is 16.6. The summed E-state index contributed by atoms with van der Waals surface area (Å²) >= 11 is 0. The quantitative estimate of drug-likeness (QED) is 0.650. The van der Waals surface area contributed by atoms with Crippen molar-refractivity contribution in [2.45, 2.75) is 20.3 Å². The van der Waals surface area contributed by atoms with E-state index >= 15 is 0 Å². The highest BCUT2D eigenvalue weighted by Gasteiger charge is 2.17. The fourth-order valence-electron chi connectivity index (χ4n) is 2.43. The van der Waals surface area contributed by atoms with Crippen LogP contribution in [0.1, 0.15) is 28.4 Å². The molecule has 23 heavy (non-hydrogen) atoms. The van der Waals surface area contributed by atoms with Gasteiger partial charge in [-0.05, 0) is 30.5 Å². The van der Waals surface area contributed by atoms with Crippen LogP contribution < -0.4 is 10.6 Å². The molecule has 0 fully saturated rings. The van der Waals surface area contributed by atoms with Crippen LogP contribution in [0.3, 0.4) is 0 Å². The van der Waals surface area contributed by atoms with Crippen molar-refractivity contribution in [1.29, 1.82) is 0 Å². The molecule has 0 aromatic heterocycles. The fraction of sp³-hybridized carbons (Fsp3) is 0.235. The van der Waals surface area contributed by atoms with Crippen molar-refractivity contribution < 1.29 is 9.72 Å². The van der Waals surface area contributed by atoms with Crippen molar-refractivity contribution in [3.05, 3.63) is 63.2 Å². The van der Waals surface area contributed by atoms with Gasteiger partial charge in [-0.25, -0.2) is 0 Å². The van der Waals surface area contributed by atoms with Crippen molar-refractivity contribution in [1.82, 2.24) is 0 Å². The summed E-state index contributed by atoms with van der Waals surface area (Å²) in [5.41, 5.74) is 3.40. The smallest absolute Gasteiger partial charge is 0.270 e. The van der Waals surface area contributed by atoms with Gasteiger partial charge in [0, 0.05) is 30.6 Å². The Hall–Kier alpha value is -2.89. The third kappa shape index (κ3) is 3.48. The summed E-state index contributed by atoms with van der Waals surface area (Å²) in [7, 11) is 1.67. The largest absolute Gasteiger partial charge is 0.387 e. The summed E-state index contributed by atoms with van der Waals surface area (Å²) in [6, 6.07) is 10.00. The van der Waals surface area contributed by atoms with E-state index in [0.717, 1.165) is 23.2 Å². The molecule has 0 atom stereocenters. The van der Waals surface area contributed by atoms with Gasteiger partial charge in [-0.2, -0.15) is 0 Å². The Kier molecular flexibility index (Phi) is 4.95. The second kappa shape index (κ2) is 6.91. The first kappa shape index (κ1) is 16.5. The molecule has 0 unspecified atom stereocenters. The van der Waals surface area contributed by atoms with Gasteiger partial charge in [0.1, 0.15) is 0 Å². The number of nitro benzene ring substituents is 1. The van der Waals surface area contributed by atoms with E-state index in [1.54, 1.807) is 7.05 Å². The lowest BCUT2D eigenvalue weighted by atomic mass is 10.0. The molecule has 2 aromatic rings. The highest BCUT2D eigenvalue weighted by molar-refractivity contribution is 6.09. The molecule has 120 valence electrons. The Morgan fingerprint density at radius 3 is 2.61 bits per heavy atom. The van der Waals surface area contributed by atoms with E-state index in [1.807, 2.05) is 32.0 Å². The Balaban J connectivity index is 2.42. The number of hydrogen-bond donors (Lipinski definition) is 2. The summed E-state index contributed by atoms with van der Waals surface area (Å²) in [4.78, 5) is 23.0. The molecule has 0 aliphatic carbocycles. The van der Waals surface area contributed by atoms with Gasteiger partial charge in [0.2, 0.25) is 0 Å². The van der Waals surface area contributed by atoms with Gasteiger partial charge < -0.3 is 10.6 Å². The number of amides is 1. The van der Waals surface area contributed by atoms with Crippen molar-refractivity contribution in [2.24, 2.45) is 0 Å². The normalized spacial score (nSPS) is 10.2. The molecule has 0 aliphatic heterocycles. The third-order valence-corrected chi connectivity index (χ3v) is 3.71. The van der Waals surface area contributed by atoms with Crippen molar-refractivity contribution in [3.63, 3.8) is 0 Å². The fourth-order valence-corrected chi connectivity index (χ4v) is 2.43. The van der Waals surface area contributed by atoms with E-state index < -0.39 is 4.92 Å². The molecule has 0 saturated heterocycles. The van der Waals surface area contributed by atoms with Crippen LogP contribution in [0.15, 0.2) is 36.4 Å². The van der Waals surface area contributed by atoms with Crippen LogP contribution in [0.4, 0.5) is 17.1 Å². The minimum atomic E-state index is -0.512. The second-order valence-electron chi connectivity index (χ2n) is 5.15. The first-order valence-electron chi connectivity index (χ1n) is 7.34. The maximum absolute atomic E-state index is 12.6. The Morgan fingerprint density at radius 2 is 2.00 bits per heavy atom. The van der Waals surface area contributed by atoms with E-state index in [4.69, 9.17) is 0 Å². The lowest BCUT2D eigenvalue weighted by molar-refractivity contribution is -0.384. The molecular weight excluding hydrogens is 294 g/mol. The number of rotatable bonds is 5. The molecule has 6 nitrogen and oxygen atoms in total. The average molecular weight is 313 g/mol. The second-order valence-corrected chi connectivity index (χ2v) is 5.15. The maximum atomic E-state index is 12.6. The molecule has 6 heteroatoms. The number of carbonyl (C=O) groups is 1. The predicted octanol–water partition coefficient (Wildman–Crippen LogP) is 3.76. The van der Waals surface area contributed by atoms with E-state index in [-0.39, 0.29) is 17.2 Å². The number of nitrogens with one attached hydrogen (secondary N) is 2. The third-order valence-electron chi connectivity index (χ3n) is 3.71. The Bertz CT molecular complexity index is 757. The summed E-state index contributed by atoms with van der Waals surface area (Å²) in [5, 5.41) is 16.7. The average Bonchev–Trinajstić information content (AvgIpc) is 2.55. The van der Waals surface area contributed by atoms with Gasteiger partial charge in [-0.15, -0.1) is 0 Å². The molecule has 0 radical (unpaired) electrons. The van der Waals surface area contributed by atoms with Gasteiger partial charge in [0.25, 0.3) is 11.6 Å². The van der Waals surface area contributed by atoms with Gasteiger partial charge >= 0.3 is 0 Å². The number of anilines is 2. The van der Waals surface area contributed by atoms with Crippen LogP contribution in [-0.4, -0.2) is 17.9 Å². The van der Waals surface area contributed by atoms with Gasteiger partial charge in [-0.3, -0.25) is 14.9 Å². The summed E-state index contributed by atoms with van der Waals surface area (Å²) < 4.78 is 0. The van der Waals surface area contributed by atoms with Gasteiger partial charge in [0.15, 0.2) is 0 Å². The molecule has 2 N–H and O–H groups in total. The van der Waals surface area contributed by atoms with Crippen LogP contribution in [0.5, 0.6) is 0 Å². The number of benzene rings is 2. The molecule has 2 rings (SSSR count). The number of hydrogen-bond acceptors (Lipinski definition) is 4. The van der Waals surface area contributed by atoms with Crippen LogP contribution >= 0.6 is 0 Å². The van der Waals surface area contributed by atoms with E-state index in [1.165, 1.54) is 18.2 Å². The lowest BCUT2D eigenvalue weighted by Crippen LogP contribution is -2.16. The zero-order chi connectivity index (χ0) is 17.0. The lowest BCUT2D eigenvalue weighted by Gasteiger charge is -2.14. The highest BCUT2D eigenvalue weighted by Crippen LogP contribution is 2.26. The van der Waals surface area contributed by atoms with Crippen molar-refractivity contribution >= 4 is 23.0 Å². The number of carbonyl (C=O) groups excluding carboxylic acids is 1. The molecule has 0 heterocycles. The summed E-state index contributed by atoms with van der Waals surface area (Å²) in [6.07, 6.45) is 0.783. The van der Waals surface area contributed by atoms with Crippen LogP contribution in [0, 0.1) is 17.0 Å². The van der Waals surface area contributed by atoms with Crippen LogP contribution in [0.2, 0.25) is 0 Å². The van der Waals surface area contributed by atoms with Gasteiger partial charge in [0.05, 0.1) is 10.5 Å². The first-order chi connectivity index (χ1) is 11.0. The van der Waals surface area contributed by atoms with Crippen molar-refractivity contribution in [2.75, 3.05) is 17.7 Å². The molecule has 1 amide bonds.